The number of ether oxygens (including phenoxy) is 1. The predicted molar refractivity (Wildman–Crippen MR) is 80.2 cm³/mol. The molecular weight excluding hydrogens is 274 g/mol. The third kappa shape index (κ3) is 2.82. The Balaban J connectivity index is 1.78. The van der Waals surface area contributed by atoms with Crippen LogP contribution in [0.5, 0.6) is 0 Å². The van der Waals surface area contributed by atoms with Gasteiger partial charge in [-0.3, -0.25) is 4.90 Å². The summed E-state index contributed by atoms with van der Waals surface area (Å²) in [5.41, 5.74) is 3.21. The van der Waals surface area contributed by atoms with Crippen LogP contribution in [-0.2, 0) is 11.3 Å². The third-order valence-corrected chi connectivity index (χ3v) is 4.06. The number of pyridine rings is 1. The van der Waals surface area contributed by atoms with Gasteiger partial charge >= 0.3 is 0 Å². The van der Waals surface area contributed by atoms with Crippen molar-refractivity contribution in [3.8, 4) is 0 Å². The van der Waals surface area contributed by atoms with Crippen molar-refractivity contribution in [1.29, 1.82) is 0 Å². The average molecular weight is 294 g/mol. The molecule has 0 unspecified atom stereocenters. The van der Waals surface area contributed by atoms with Crippen LogP contribution in [0.1, 0.15) is 24.2 Å². The van der Waals surface area contributed by atoms with Crippen molar-refractivity contribution in [2.45, 2.75) is 32.4 Å². The number of rotatable bonds is 4. The second kappa shape index (κ2) is 5.72. The fourth-order valence-corrected chi connectivity index (χ4v) is 2.99. The first-order valence-electron chi connectivity index (χ1n) is 7.07. The highest BCUT2D eigenvalue weighted by atomic mass is 35.5. The Morgan fingerprint density at radius 2 is 2.35 bits per heavy atom. The number of nitrogens with zero attached hydrogens (tertiary/aromatic N) is 3. The van der Waals surface area contributed by atoms with Crippen LogP contribution in [-0.4, -0.2) is 40.6 Å². The van der Waals surface area contributed by atoms with E-state index in [1.54, 1.807) is 0 Å². The van der Waals surface area contributed by atoms with Gasteiger partial charge in [0.15, 0.2) is 0 Å². The predicted octanol–water partition coefficient (Wildman–Crippen LogP) is 2.91. The molecule has 0 N–H and O–H groups in total. The van der Waals surface area contributed by atoms with Gasteiger partial charge in [-0.25, -0.2) is 4.98 Å². The molecule has 0 amide bonds. The molecule has 5 heteroatoms. The molecule has 3 heterocycles. The van der Waals surface area contributed by atoms with Crippen molar-refractivity contribution >= 4 is 17.2 Å². The summed E-state index contributed by atoms with van der Waals surface area (Å²) in [6, 6.07) is 3.84. The average Bonchev–Trinajstić information content (AvgIpc) is 3.00. The normalized spacial score (nSPS) is 19.3. The molecule has 1 aliphatic rings. The van der Waals surface area contributed by atoms with E-state index in [-0.39, 0.29) is 0 Å². The molecule has 0 aromatic carbocycles. The molecule has 0 radical (unpaired) electrons. The van der Waals surface area contributed by atoms with Crippen LogP contribution >= 0.6 is 11.6 Å². The molecule has 0 bridgehead atoms. The van der Waals surface area contributed by atoms with E-state index in [9.17, 15) is 0 Å². The Labute approximate surface area is 124 Å². The van der Waals surface area contributed by atoms with Crippen molar-refractivity contribution in [3.63, 3.8) is 0 Å². The molecule has 0 saturated carbocycles. The Morgan fingerprint density at radius 1 is 1.50 bits per heavy atom. The maximum atomic E-state index is 6.09. The van der Waals surface area contributed by atoms with E-state index in [4.69, 9.17) is 16.3 Å². The van der Waals surface area contributed by atoms with Gasteiger partial charge in [0.05, 0.1) is 22.5 Å². The number of hydrogen-bond acceptors (Lipinski definition) is 3. The molecule has 20 heavy (non-hydrogen) atoms. The molecule has 1 aliphatic heterocycles. The monoisotopic (exact) mass is 293 g/mol. The van der Waals surface area contributed by atoms with Crippen molar-refractivity contribution in [1.82, 2.24) is 14.3 Å². The molecule has 4 nitrogen and oxygen atoms in total. The van der Waals surface area contributed by atoms with Crippen LogP contribution in [0.2, 0.25) is 5.02 Å². The van der Waals surface area contributed by atoms with Gasteiger partial charge in [-0.1, -0.05) is 11.6 Å². The summed E-state index contributed by atoms with van der Waals surface area (Å²) in [6.45, 7) is 4.78. The van der Waals surface area contributed by atoms with Gasteiger partial charge in [-0.2, -0.15) is 0 Å². The van der Waals surface area contributed by atoms with Gasteiger partial charge in [-0.15, -0.1) is 0 Å². The molecular formula is C15H20ClN3O. The molecule has 0 aliphatic carbocycles. The van der Waals surface area contributed by atoms with Crippen molar-refractivity contribution in [3.05, 3.63) is 34.7 Å². The second-order valence-corrected chi connectivity index (χ2v) is 5.99. The third-order valence-electron chi connectivity index (χ3n) is 3.84. The summed E-state index contributed by atoms with van der Waals surface area (Å²) in [6.07, 6.45) is 4.67. The lowest BCUT2D eigenvalue weighted by atomic mass is 10.2. The van der Waals surface area contributed by atoms with Crippen molar-refractivity contribution in [2.24, 2.45) is 0 Å². The number of aryl methyl sites for hydroxylation is 1. The minimum absolute atomic E-state index is 0.378. The van der Waals surface area contributed by atoms with Gasteiger partial charge in [0, 0.05) is 25.9 Å². The quantitative estimate of drug-likeness (QED) is 0.868. The van der Waals surface area contributed by atoms with Crippen LogP contribution in [0.3, 0.4) is 0 Å². The van der Waals surface area contributed by atoms with Gasteiger partial charge < -0.3 is 9.14 Å². The number of halogens is 1. The minimum Gasteiger partial charge on any atom is -0.377 e. The van der Waals surface area contributed by atoms with E-state index in [1.807, 2.05) is 18.3 Å². The minimum atomic E-state index is 0.378. The number of aromatic nitrogens is 2. The SMILES string of the molecule is Cc1nc2ccc(Cl)cn2c1CN(C)C[C@H]1CCCO1. The van der Waals surface area contributed by atoms with Crippen LogP contribution < -0.4 is 0 Å². The zero-order valence-electron chi connectivity index (χ0n) is 12.0. The maximum absolute atomic E-state index is 6.09. The summed E-state index contributed by atoms with van der Waals surface area (Å²) in [4.78, 5) is 6.88. The molecule has 0 spiro atoms. The smallest absolute Gasteiger partial charge is 0.137 e. The van der Waals surface area contributed by atoms with Gasteiger partial charge in [0.1, 0.15) is 5.65 Å². The Bertz CT molecular complexity index is 604. The molecule has 108 valence electrons. The lowest BCUT2D eigenvalue weighted by Gasteiger charge is -2.20. The number of imidazole rings is 1. The van der Waals surface area contributed by atoms with Gasteiger partial charge in [0.2, 0.25) is 0 Å². The fourth-order valence-electron chi connectivity index (χ4n) is 2.83. The van der Waals surface area contributed by atoms with Crippen LogP contribution in [0.15, 0.2) is 18.3 Å². The molecule has 2 aromatic heterocycles. The summed E-state index contributed by atoms with van der Waals surface area (Å²) in [5, 5.41) is 0.734. The first kappa shape index (κ1) is 13.9. The lowest BCUT2D eigenvalue weighted by Crippen LogP contribution is -2.29. The van der Waals surface area contributed by atoms with E-state index in [0.29, 0.717) is 6.10 Å². The Kier molecular flexibility index (Phi) is 3.96. The number of hydrogen-bond donors (Lipinski definition) is 0. The highest BCUT2D eigenvalue weighted by molar-refractivity contribution is 6.30. The maximum Gasteiger partial charge on any atom is 0.137 e. The van der Waals surface area contributed by atoms with Gasteiger partial charge in [0.25, 0.3) is 0 Å². The molecule has 1 fully saturated rings. The van der Waals surface area contributed by atoms with Crippen LogP contribution in [0.4, 0.5) is 0 Å². The topological polar surface area (TPSA) is 29.8 Å². The number of fused-ring (bicyclic) bond motifs is 1. The molecule has 1 atom stereocenters. The lowest BCUT2D eigenvalue weighted by molar-refractivity contribution is 0.0788. The van der Waals surface area contributed by atoms with E-state index in [2.05, 4.69) is 28.3 Å². The first-order valence-corrected chi connectivity index (χ1v) is 7.44. The number of likely N-dealkylation sites (N-methyl/N-ethyl adjacent to an activating group) is 1. The second-order valence-electron chi connectivity index (χ2n) is 5.55. The van der Waals surface area contributed by atoms with Crippen molar-refractivity contribution < 1.29 is 4.74 Å². The molecule has 2 aromatic rings. The zero-order chi connectivity index (χ0) is 14.1. The molecule has 3 rings (SSSR count). The van der Waals surface area contributed by atoms with Crippen LogP contribution in [0, 0.1) is 6.92 Å². The Hall–Kier alpha value is -1.10. The zero-order valence-corrected chi connectivity index (χ0v) is 12.7. The largest absolute Gasteiger partial charge is 0.377 e. The summed E-state index contributed by atoms with van der Waals surface area (Å²) >= 11 is 6.09. The Morgan fingerprint density at radius 3 is 3.10 bits per heavy atom. The van der Waals surface area contributed by atoms with E-state index in [1.165, 1.54) is 18.5 Å². The molecule has 1 saturated heterocycles. The highest BCUT2D eigenvalue weighted by Gasteiger charge is 2.19. The summed E-state index contributed by atoms with van der Waals surface area (Å²) < 4.78 is 7.78. The highest BCUT2D eigenvalue weighted by Crippen LogP contribution is 2.19. The van der Waals surface area contributed by atoms with Crippen LogP contribution in [0.25, 0.3) is 5.65 Å². The first-order chi connectivity index (χ1) is 9.63. The van der Waals surface area contributed by atoms with E-state index in [0.717, 1.165) is 36.1 Å². The van der Waals surface area contributed by atoms with E-state index >= 15 is 0 Å². The standard InChI is InChI=1S/C15H20ClN3O/c1-11-14(10-18(2)9-13-4-3-7-20-13)19-8-12(16)5-6-15(19)17-11/h5-6,8,13H,3-4,7,9-10H2,1-2H3/t13-/m1/s1. The van der Waals surface area contributed by atoms with Gasteiger partial charge in [-0.05, 0) is 38.9 Å². The summed E-state index contributed by atoms with van der Waals surface area (Å²) in [5.74, 6) is 0. The summed E-state index contributed by atoms with van der Waals surface area (Å²) in [7, 11) is 2.13. The van der Waals surface area contributed by atoms with Crippen molar-refractivity contribution in [2.75, 3.05) is 20.2 Å². The fraction of sp³-hybridized carbons (Fsp3) is 0.533. The van der Waals surface area contributed by atoms with E-state index < -0.39 is 0 Å².